The summed E-state index contributed by atoms with van der Waals surface area (Å²) in [4.78, 5) is 17.2. The van der Waals surface area contributed by atoms with E-state index in [1.807, 2.05) is 0 Å². The number of nitrogens with one attached hydrogen (secondary N) is 2. The van der Waals surface area contributed by atoms with Crippen molar-refractivity contribution in [1.29, 1.82) is 0 Å². The molecule has 0 spiro atoms. The quantitative estimate of drug-likeness (QED) is 0.416. The maximum Gasteiger partial charge on any atom is 0.261 e. The van der Waals surface area contributed by atoms with Gasteiger partial charge < -0.3 is 9.47 Å². The fourth-order valence-electron chi connectivity index (χ4n) is 2.98. The Morgan fingerprint density at radius 1 is 0.938 bits per heavy atom. The van der Waals surface area contributed by atoms with Crippen LogP contribution in [0.3, 0.4) is 0 Å². The molecule has 0 radical (unpaired) electrons. The molecule has 0 fully saturated rings. The van der Waals surface area contributed by atoms with Crippen LogP contribution < -0.4 is 19.5 Å². The highest BCUT2D eigenvalue weighted by molar-refractivity contribution is 7.92. The topological polar surface area (TPSA) is 107 Å². The van der Waals surface area contributed by atoms with E-state index in [0.717, 1.165) is 4.70 Å². The maximum absolute atomic E-state index is 12.6. The minimum atomic E-state index is -3.70. The fourth-order valence-corrected chi connectivity index (χ4v) is 4.93. The molecule has 0 aliphatic rings. The Kier molecular flexibility index (Phi) is 5.97. The molecule has 3 aromatic carbocycles. The van der Waals surface area contributed by atoms with Crippen LogP contribution in [0, 0.1) is 0 Å². The Bertz CT molecular complexity index is 1330. The van der Waals surface area contributed by atoms with E-state index in [1.165, 1.54) is 47.7 Å². The molecule has 4 aromatic rings. The summed E-state index contributed by atoms with van der Waals surface area (Å²) in [7, 11) is -0.604. The smallest absolute Gasteiger partial charge is 0.261 e. The Balaban J connectivity index is 1.48. The van der Waals surface area contributed by atoms with Crippen molar-refractivity contribution in [3.8, 4) is 11.5 Å². The van der Waals surface area contributed by atoms with Gasteiger partial charge in [0.05, 0.1) is 29.3 Å². The number of amides is 1. The number of benzene rings is 3. The van der Waals surface area contributed by atoms with Gasteiger partial charge in [0.1, 0.15) is 0 Å². The molecule has 2 N–H and O–H groups in total. The lowest BCUT2D eigenvalue weighted by molar-refractivity contribution is 0.102. The SMILES string of the molecule is COc1cc2nc(NC(=O)c3ccc(NS(=O)(=O)c4ccccc4)cc3)sc2cc1OC. The number of anilines is 2. The second-order valence-electron chi connectivity index (χ2n) is 6.64. The molecule has 8 nitrogen and oxygen atoms in total. The number of nitrogens with zero attached hydrogens (tertiary/aromatic N) is 1. The predicted molar refractivity (Wildman–Crippen MR) is 124 cm³/mol. The average molecular weight is 470 g/mol. The zero-order valence-electron chi connectivity index (χ0n) is 17.2. The van der Waals surface area contributed by atoms with Crippen LogP contribution in [-0.4, -0.2) is 33.5 Å². The number of rotatable bonds is 7. The Hall–Kier alpha value is -3.63. The molecule has 1 aromatic heterocycles. The molecule has 1 amide bonds. The largest absolute Gasteiger partial charge is 0.493 e. The first-order valence-corrected chi connectivity index (χ1v) is 11.7. The molecule has 0 saturated carbocycles. The van der Waals surface area contributed by atoms with Crippen LogP contribution in [0.2, 0.25) is 0 Å². The van der Waals surface area contributed by atoms with Crippen LogP contribution in [0.1, 0.15) is 10.4 Å². The van der Waals surface area contributed by atoms with E-state index < -0.39 is 10.0 Å². The van der Waals surface area contributed by atoms with Gasteiger partial charge in [0.15, 0.2) is 16.6 Å². The summed E-state index contributed by atoms with van der Waals surface area (Å²) in [6, 6.07) is 17.7. The third kappa shape index (κ3) is 4.51. The summed E-state index contributed by atoms with van der Waals surface area (Å²) >= 11 is 1.31. The van der Waals surface area contributed by atoms with Crippen molar-refractivity contribution in [2.24, 2.45) is 0 Å². The number of sulfonamides is 1. The number of fused-ring (bicyclic) bond motifs is 1. The molecule has 10 heteroatoms. The van der Waals surface area contributed by atoms with E-state index in [1.54, 1.807) is 44.6 Å². The number of hydrogen-bond acceptors (Lipinski definition) is 7. The van der Waals surface area contributed by atoms with Gasteiger partial charge >= 0.3 is 0 Å². The third-order valence-corrected chi connectivity index (χ3v) is 6.90. The molecule has 0 saturated heterocycles. The highest BCUT2D eigenvalue weighted by Crippen LogP contribution is 2.36. The molecular formula is C22H19N3O5S2. The van der Waals surface area contributed by atoms with Crippen molar-refractivity contribution < 1.29 is 22.7 Å². The van der Waals surface area contributed by atoms with E-state index in [-0.39, 0.29) is 10.8 Å². The summed E-state index contributed by atoms with van der Waals surface area (Å²) in [6.45, 7) is 0. The van der Waals surface area contributed by atoms with Crippen molar-refractivity contribution in [3.63, 3.8) is 0 Å². The zero-order valence-corrected chi connectivity index (χ0v) is 18.8. The summed E-state index contributed by atoms with van der Waals surface area (Å²) in [5, 5.41) is 3.19. The maximum atomic E-state index is 12.6. The van der Waals surface area contributed by atoms with Gasteiger partial charge in [0.2, 0.25) is 0 Å². The summed E-state index contributed by atoms with van der Waals surface area (Å²) < 4.78 is 38.8. The van der Waals surface area contributed by atoms with Gasteiger partial charge in [-0.15, -0.1) is 0 Å². The number of thiazole rings is 1. The molecule has 4 rings (SSSR count). The first kappa shape index (κ1) is 21.6. The molecule has 0 aliphatic carbocycles. The first-order chi connectivity index (χ1) is 15.4. The molecule has 164 valence electrons. The monoisotopic (exact) mass is 469 g/mol. The number of aromatic nitrogens is 1. The van der Waals surface area contributed by atoms with Crippen LogP contribution in [0.4, 0.5) is 10.8 Å². The van der Waals surface area contributed by atoms with Gasteiger partial charge in [-0.3, -0.25) is 14.8 Å². The molecule has 0 bridgehead atoms. The van der Waals surface area contributed by atoms with Crippen LogP contribution in [-0.2, 0) is 10.0 Å². The summed E-state index contributed by atoms with van der Waals surface area (Å²) in [5.41, 5.74) is 1.39. The predicted octanol–water partition coefficient (Wildman–Crippen LogP) is 4.37. The summed E-state index contributed by atoms with van der Waals surface area (Å²) in [6.07, 6.45) is 0. The molecule has 0 unspecified atom stereocenters. The van der Waals surface area contributed by atoms with Gasteiger partial charge in [-0.1, -0.05) is 29.5 Å². The standard InChI is InChI=1S/C22H19N3O5S2/c1-29-18-12-17-20(13-19(18)30-2)31-22(23-17)24-21(26)14-8-10-15(11-9-14)25-32(27,28)16-6-4-3-5-7-16/h3-13,25H,1-2H3,(H,23,24,26). The van der Waals surface area contributed by atoms with Gasteiger partial charge in [-0.25, -0.2) is 13.4 Å². The molecular weight excluding hydrogens is 450 g/mol. The number of carbonyl (C=O) groups is 1. The van der Waals surface area contributed by atoms with Crippen LogP contribution >= 0.6 is 11.3 Å². The fraction of sp³-hybridized carbons (Fsp3) is 0.0909. The molecule has 1 heterocycles. The van der Waals surface area contributed by atoms with Crippen molar-refractivity contribution in [2.75, 3.05) is 24.3 Å². The van der Waals surface area contributed by atoms with Crippen LogP contribution in [0.15, 0.2) is 71.6 Å². The van der Waals surface area contributed by atoms with Gasteiger partial charge in [-0.05, 0) is 36.4 Å². The first-order valence-electron chi connectivity index (χ1n) is 9.41. The van der Waals surface area contributed by atoms with E-state index in [9.17, 15) is 13.2 Å². The Morgan fingerprint density at radius 3 is 2.25 bits per heavy atom. The normalized spacial score (nSPS) is 11.2. The van der Waals surface area contributed by atoms with Gasteiger partial charge in [-0.2, -0.15) is 0 Å². The van der Waals surface area contributed by atoms with Crippen LogP contribution in [0.25, 0.3) is 10.2 Å². The average Bonchev–Trinajstić information content (AvgIpc) is 3.19. The number of hydrogen-bond donors (Lipinski definition) is 2. The highest BCUT2D eigenvalue weighted by atomic mass is 32.2. The van der Waals surface area contributed by atoms with E-state index in [4.69, 9.17) is 9.47 Å². The Labute approximate surface area is 188 Å². The molecule has 0 atom stereocenters. The van der Waals surface area contributed by atoms with E-state index in [2.05, 4.69) is 15.0 Å². The van der Waals surface area contributed by atoms with Crippen molar-refractivity contribution in [3.05, 3.63) is 72.3 Å². The lowest BCUT2D eigenvalue weighted by Gasteiger charge is -2.08. The van der Waals surface area contributed by atoms with Crippen molar-refractivity contribution >= 4 is 48.3 Å². The van der Waals surface area contributed by atoms with Crippen LogP contribution in [0.5, 0.6) is 11.5 Å². The second-order valence-corrected chi connectivity index (χ2v) is 9.36. The zero-order chi connectivity index (χ0) is 22.7. The van der Waals surface area contributed by atoms with E-state index in [0.29, 0.717) is 33.4 Å². The lowest BCUT2D eigenvalue weighted by atomic mass is 10.2. The Morgan fingerprint density at radius 2 is 1.59 bits per heavy atom. The number of carbonyl (C=O) groups excluding carboxylic acids is 1. The summed E-state index contributed by atoms with van der Waals surface area (Å²) in [5.74, 6) is 0.771. The second kappa shape index (κ2) is 8.85. The van der Waals surface area contributed by atoms with E-state index >= 15 is 0 Å². The highest BCUT2D eigenvalue weighted by Gasteiger charge is 2.15. The lowest BCUT2D eigenvalue weighted by Crippen LogP contribution is -2.14. The minimum absolute atomic E-state index is 0.158. The minimum Gasteiger partial charge on any atom is -0.493 e. The van der Waals surface area contributed by atoms with Crippen molar-refractivity contribution in [2.45, 2.75) is 4.90 Å². The molecule has 0 aliphatic heterocycles. The molecule has 32 heavy (non-hydrogen) atoms. The van der Waals surface area contributed by atoms with Gasteiger partial charge in [0.25, 0.3) is 15.9 Å². The van der Waals surface area contributed by atoms with Crippen molar-refractivity contribution in [1.82, 2.24) is 4.98 Å². The number of ether oxygens (including phenoxy) is 2. The van der Waals surface area contributed by atoms with Gasteiger partial charge in [0, 0.05) is 23.4 Å². The third-order valence-electron chi connectivity index (χ3n) is 4.57. The number of methoxy groups -OCH3 is 2.